The van der Waals surface area contributed by atoms with Crippen molar-refractivity contribution in [2.24, 2.45) is 0 Å². The molecule has 0 saturated carbocycles. The summed E-state index contributed by atoms with van der Waals surface area (Å²) in [4.78, 5) is 9.79. The molecule has 0 unspecified atom stereocenters. The monoisotopic (exact) mass is 1190 g/mol. The SMILES string of the molecule is CC(C)(C)c1ccc(-c2ccc3c(c2)c2ccc(Oc4[c-]c(N5[CH-]N(c6c(-c7ccccc7)cccc6-c6ccc(C(C)(C)C)cc6)c6ccccc65)ccc4)[c-]c2n3-c2cc(C(C)(C)C)c(-c3ccccc3)cn2)cc1.[Pt]. The van der Waals surface area contributed by atoms with Gasteiger partial charge in [-0.15, -0.1) is 48.1 Å². The average molecular weight is 1200 g/mol. The molecular formula is C72H63N4OPt-3. The second-order valence-electron chi connectivity index (χ2n) is 23.4. The van der Waals surface area contributed by atoms with Crippen LogP contribution in [0, 0.1) is 18.8 Å². The molecule has 3 heterocycles. The molecule has 0 saturated heterocycles. The maximum atomic E-state index is 6.85. The molecule has 1 aliphatic rings. The smallest absolute Gasteiger partial charge is 0.135 e. The third kappa shape index (κ3) is 9.86. The fourth-order valence-electron chi connectivity index (χ4n) is 10.9. The summed E-state index contributed by atoms with van der Waals surface area (Å²) < 4.78 is 9.10. The van der Waals surface area contributed by atoms with Crippen LogP contribution in [0.2, 0.25) is 0 Å². The first-order chi connectivity index (χ1) is 37.1. The summed E-state index contributed by atoms with van der Waals surface area (Å²) in [5.41, 5.74) is 19.0. The van der Waals surface area contributed by atoms with Crippen LogP contribution in [0.1, 0.15) is 79.0 Å². The van der Waals surface area contributed by atoms with Crippen molar-refractivity contribution in [3.63, 3.8) is 0 Å². The van der Waals surface area contributed by atoms with Gasteiger partial charge in [0.05, 0.1) is 0 Å². The number of benzene rings is 9. The molecule has 0 bridgehead atoms. The first kappa shape index (κ1) is 52.1. The van der Waals surface area contributed by atoms with Crippen LogP contribution in [0.25, 0.3) is 72.1 Å². The van der Waals surface area contributed by atoms with Crippen molar-refractivity contribution < 1.29 is 25.8 Å². The number of rotatable bonds is 9. The number of nitrogens with zero attached hydrogens (tertiary/aromatic N) is 4. The molecule has 2 aromatic heterocycles. The largest absolute Gasteiger partial charge is 0.509 e. The summed E-state index contributed by atoms with van der Waals surface area (Å²) in [5.74, 6) is 1.98. The van der Waals surface area contributed by atoms with Gasteiger partial charge in [0, 0.05) is 78.0 Å². The third-order valence-electron chi connectivity index (χ3n) is 15.0. The van der Waals surface area contributed by atoms with E-state index in [-0.39, 0.29) is 37.3 Å². The van der Waals surface area contributed by atoms with Gasteiger partial charge in [-0.3, -0.25) is 0 Å². The van der Waals surface area contributed by atoms with E-state index in [4.69, 9.17) is 9.72 Å². The van der Waals surface area contributed by atoms with Crippen LogP contribution in [-0.2, 0) is 37.3 Å². The van der Waals surface area contributed by atoms with Crippen molar-refractivity contribution in [2.45, 2.75) is 78.6 Å². The molecular weight excluding hydrogens is 1130 g/mol. The van der Waals surface area contributed by atoms with Gasteiger partial charge in [0.15, 0.2) is 0 Å². The Balaban J connectivity index is 0.00000645. The zero-order chi connectivity index (χ0) is 53.2. The maximum absolute atomic E-state index is 6.85. The molecule has 0 N–H and O–H groups in total. The van der Waals surface area contributed by atoms with E-state index in [0.29, 0.717) is 11.5 Å². The quantitative estimate of drug-likeness (QED) is 0.135. The van der Waals surface area contributed by atoms with Crippen molar-refractivity contribution in [3.8, 4) is 61.8 Å². The molecule has 0 spiro atoms. The van der Waals surface area contributed by atoms with Gasteiger partial charge in [0.2, 0.25) is 0 Å². The Hall–Kier alpha value is -7.98. The molecule has 0 atom stereocenters. The topological polar surface area (TPSA) is 33.5 Å². The molecule has 390 valence electrons. The number of hydrogen-bond donors (Lipinski definition) is 0. The second kappa shape index (κ2) is 20.4. The van der Waals surface area contributed by atoms with Gasteiger partial charge in [-0.25, -0.2) is 4.98 Å². The van der Waals surface area contributed by atoms with E-state index in [1.165, 1.54) is 22.3 Å². The van der Waals surface area contributed by atoms with Gasteiger partial charge in [-0.1, -0.05) is 219 Å². The fourth-order valence-corrected chi connectivity index (χ4v) is 10.9. The van der Waals surface area contributed by atoms with Crippen LogP contribution in [0.15, 0.2) is 212 Å². The van der Waals surface area contributed by atoms with Crippen molar-refractivity contribution in [1.29, 1.82) is 0 Å². The zero-order valence-corrected chi connectivity index (χ0v) is 48.1. The minimum atomic E-state index is -0.164. The second-order valence-corrected chi connectivity index (χ2v) is 23.4. The van der Waals surface area contributed by atoms with Crippen molar-refractivity contribution in [3.05, 3.63) is 248 Å². The number of anilines is 4. The van der Waals surface area contributed by atoms with E-state index < -0.39 is 0 Å². The molecule has 78 heavy (non-hydrogen) atoms. The molecule has 12 rings (SSSR count). The summed E-state index contributed by atoms with van der Waals surface area (Å²) in [6.07, 6.45) is 2.04. The Labute approximate surface area is 475 Å². The van der Waals surface area contributed by atoms with Crippen molar-refractivity contribution >= 4 is 44.6 Å². The van der Waals surface area contributed by atoms with Gasteiger partial charge >= 0.3 is 0 Å². The maximum Gasteiger partial charge on any atom is 0.135 e. The number of ether oxygens (including phenoxy) is 1. The first-order valence-corrected chi connectivity index (χ1v) is 26.8. The van der Waals surface area contributed by atoms with Crippen LogP contribution in [0.4, 0.5) is 22.7 Å². The summed E-state index contributed by atoms with van der Waals surface area (Å²) in [7, 11) is 0. The van der Waals surface area contributed by atoms with Crippen LogP contribution in [-0.4, -0.2) is 9.55 Å². The summed E-state index contributed by atoms with van der Waals surface area (Å²) >= 11 is 0. The molecule has 0 fully saturated rings. The van der Waals surface area contributed by atoms with Crippen LogP contribution < -0.4 is 14.5 Å². The van der Waals surface area contributed by atoms with E-state index in [1.54, 1.807) is 0 Å². The Morgan fingerprint density at radius 3 is 1.59 bits per heavy atom. The van der Waals surface area contributed by atoms with Crippen molar-refractivity contribution in [1.82, 2.24) is 9.55 Å². The minimum absolute atomic E-state index is 0. The Kier molecular flexibility index (Phi) is 13.6. The predicted molar refractivity (Wildman–Crippen MR) is 322 cm³/mol. The standard InChI is InChI=1S/C72H63N4O.Pt/c1-70(2,3)53-35-30-48(31-36-53)52-34-41-64-61(42-52)60-40-39-57(44-67(60)76(64)68-45-63(72(7,8)9)62(46-73-68)50-22-14-11-15-23-50)77-56-25-18-24-55(43-56)74-47-75(66-29-17-16-28-65(66)74)69-58(49-20-12-10-13-21-49)26-19-27-59(69)51-32-37-54(38-33-51)71(4,5)6;/h10-42,45-47H,1-9H3;/q-3;. The summed E-state index contributed by atoms with van der Waals surface area (Å²) in [6, 6.07) is 81.3. The van der Waals surface area contributed by atoms with Gasteiger partial charge in [0.1, 0.15) is 5.82 Å². The molecule has 0 amide bonds. The predicted octanol–water partition coefficient (Wildman–Crippen LogP) is 19.5. The first-order valence-electron chi connectivity index (χ1n) is 26.8. The molecule has 5 nitrogen and oxygen atoms in total. The summed E-state index contributed by atoms with van der Waals surface area (Å²) in [6.45, 7) is 22.6. The number of pyridine rings is 1. The number of fused-ring (bicyclic) bond motifs is 4. The van der Waals surface area contributed by atoms with Crippen LogP contribution in [0.3, 0.4) is 0 Å². The van der Waals surface area contributed by atoms with Gasteiger partial charge < -0.3 is 19.1 Å². The number of hydrogen-bond acceptors (Lipinski definition) is 4. The van der Waals surface area contributed by atoms with E-state index in [0.717, 1.165) is 89.3 Å². The molecule has 9 aromatic carbocycles. The minimum Gasteiger partial charge on any atom is -0.509 e. The van der Waals surface area contributed by atoms with E-state index >= 15 is 0 Å². The van der Waals surface area contributed by atoms with Crippen LogP contribution >= 0.6 is 0 Å². The molecule has 0 aliphatic carbocycles. The Morgan fingerprint density at radius 1 is 0.436 bits per heavy atom. The Morgan fingerprint density at radius 2 is 0.974 bits per heavy atom. The number of aromatic nitrogens is 2. The zero-order valence-electron chi connectivity index (χ0n) is 45.8. The van der Waals surface area contributed by atoms with Crippen LogP contribution in [0.5, 0.6) is 11.5 Å². The molecule has 1 aliphatic heterocycles. The average Bonchev–Trinajstić information content (AvgIpc) is 4.18. The van der Waals surface area contributed by atoms with E-state index in [2.05, 4.69) is 284 Å². The third-order valence-corrected chi connectivity index (χ3v) is 15.0. The van der Waals surface area contributed by atoms with E-state index in [1.807, 2.05) is 24.4 Å². The molecule has 6 heteroatoms. The molecule has 11 aromatic rings. The van der Waals surface area contributed by atoms with Gasteiger partial charge in [0.25, 0.3) is 0 Å². The van der Waals surface area contributed by atoms with E-state index in [9.17, 15) is 0 Å². The fraction of sp³-hybridized carbons (Fsp3) is 0.167. The van der Waals surface area contributed by atoms with Gasteiger partial charge in [-0.05, 0) is 90.4 Å². The number of para-hydroxylation sites is 3. The Bertz CT molecular complexity index is 3970. The normalized spacial score (nSPS) is 12.7. The molecule has 0 radical (unpaired) electrons. The van der Waals surface area contributed by atoms with Gasteiger partial charge in [-0.2, -0.15) is 12.1 Å². The van der Waals surface area contributed by atoms with Crippen molar-refractivity contribution in [2.75, 3.05) is 9.80 Å². The summed E-state index contributed by atoms with van der Waals surface area (Å²) in [5, 5.41) is 2.18.